The minimum atomic E-state index is -0.121. The first-order valence-corrected chi connectivity index (χ1v) is 8.45. The second-order valence-corrected chi connectivity index (χ2v) is 6.67. The summed E-state index contributed by atoms with van der Waals surface area (Å²) >= 11 is 0. The Hall–Kier alpha value is -2.05. The smallest absolute Gasteiger partial charge is 0.318 e. The van der Waals surface area contributed by atoms with Gasteiger partial charge < -0.3 is 15.5 Å². The molecule has 126 valence electrons. The van der Waals surface area contributed by atoms with Crippen molar-refractivity contribution in [2.75, 3.05) is 13.1 Å². The van der Waals surface area contributed by atoms with Crippen LogP contribution in [0.1, 0.15) is 32.6 Å². The van der Waals surface area contributed by atoms with Crippen molar-refractivity contribution >= 4 is 11.9 Å². The molecule has 1 aromatic heterocycles. The van der Waals surface area contributed by atoms with Crippen molar-refractivity contribution in [3.8, 4) is 0 Å². The summed E-state index contributed by atoms with van der Waals surface area (Å²) in [4.78, 5) is 26.1. The molecule has 0 unspecified atom stereocenters. The van der Waals surface area contributed by atoms with E-state index in [2.05, 4.69) is 22.7 Å². The normalized spacial score (nSPS) is 25.4. The molecule has 3 amide bonds. The van der Waals surface area contributed by atoms with Crippen LogP contribution in [0.2, 0.25) is 0 Å². The average Bonchev–Trinajstić information content (AvgIpc) is 3.04. The molecule has 0 radical (unpaired) electrons. The molecule has 2 fully saturated rings. The van der Waals surface area contributed by atoms with E-state index in [-0.39, 0.29) is 36.5 Å². The molecular weight excluding hydrogens is 294 g/mol. The van der Waals surface area contributed by atoms with Crippen LogP contribution in [0.25, 0.3) is 0 Å². The highest BCUT2D eigenvalue weighted by molar-refractivity contribution is 5.86. The van der Waals surface area contributed by atoms with E-state index in [0.717, 1.165) is 32.2 Å². The molecule has 2 heterocycles. The monoisotopic (exact) mass is 319 g/mol. The van der Waals surface area contributed by atoms with Gasteiger partial charge >= 0.3 is 6.03 Å². The van der Waals surface area contributed by atoms with Crippen LogP contribution in [-0.4, -0.2) is 51.8 Å². The fraction of sp³-hybridized carbons (Fsp3) is 0.688. The van der Waals surface area contributed by atoms with Crippen LogP contribution in [0.15, 0.2) is 18.5 Å². The van der Waals surface area contributed by atoms with Crippen molar-refractivity contribution in [1.82, 2.24) is 25.3 Å². The van der Waals surface area contributed by atoms with Crippen molar-refractivity contribution in [3.63, 3.8) is 0 Å². The Morgan fingerprint density at radius 2 is 2.30 bits per heavy atom. The zero-order chi connectivity index (χ0) is 16.2. The molecule has 1 aliphatic carbocycles. The number of amides is 3. The average molecular weight is 319 g/mol. The van der Waals surface area contributed by atoms with Gasteiger partial charge in [0.15, 0.2) is 0 Å². The van der Waals surface area contributed by atoms with E-state index in [1.54, 1.807) is 11.1 Å². The Balaban J connectivity index is 1.53. The number of urea groups is 1. The molecule has 2 N–H and O–H groups in total. The van der Waals surface area contributed by atoms with Crippen LogP contribution in [-0.2, 0) is 11.3 Å². The number of hydrogen-bond acceptors (Lipinski definition) is 3. The van der Waals surface area contributed by atoms with E-state index in [4.69, 9.17) is 0 Å². The maximum absolute atomic E-state index is 12.5. The van der Waals surface area contributed by atoms with Gasteiger partial charge in [0.05, 0.1) is 6.04 Å². The highest BCUT2D eigenvalue weighted by Gasteiger charge is 2.38. The number of nitrogens with one attached hydrogen (secondary N) is 2. The van der Waals surface area contributed by atoms with Crippen molar-refractivity contribution < 1.29 is 9.59 Å². The van der Waals surface area contributed by atoms with Crippen LogP contribution >= 0.6 is 0 Å². The van der Waals surface area contributed by atoms with Gasteiger partial charge in [-0.2, -0.15) is 5.10 Å². The third-order valence-corrected chi connectivity index (χ3v) is 4.71. The second-order valence-electron chi connectivity index (χ2n) is 6.67. The number of aromatic nitrogens is 2. The number of hydrogen-bond donors (Lipinski definition) is 2. The zero-order valence-electron chi connectivity index (χ0n) is 13.6. The summed E-state index contributed by atoms with van der Waals surface area (Å²) in [7, 11) is 0. The maximum Gasteiger partial charge on any atom is 0.318 e. The van der Waals surface area contributed by atoms with Crippen LogP contribution in [0.5, 0.6) is 0 Å². The highest BCUT2D eigenvalue weighted by atomic mass is 16.2. The minimum absolute atomic E-state index is 0.0483. The molecule has 1 saturated heterocycles. The maximum atomic E-state index is 12.5. The summed E-state index contributed by atoms with van der Waals surface area (Å²) in [6, 6.07) is 2.03. The minimum Gasteiger partial charge on any atom is -0.350 e. The fourth-order valence-corrected chi connectivity index (χ4v) is 3.55. The molecule has 1 aliphatic heterocycles. The molecule has 7 nitrogen and oxygen atoms in total. The molecule has 1 aromatic rings. The van der Waals surface area contributed by atoms with Gasteiger partial charge in [-0.15, -0.1) is 0 Å². The van der Waals surface area contributed by atoms with Gasteiger partial charge in [-0.1, -0.05) is 19.8 Å². The Bertz CT molecular complexity index is 545. The topological polar surface area (TPSA) is 79.3 Å². The number of carbonyl (C=O) groups excluding carboxylic acids is 2. The van der Waals surface area contributed by atoms with Crippen LogP contribution in [0.3, 0.4) is 0 Å². The van der Waals surface area contributed by atoms with Gasteiger partial charge in [0.1, 0.15) is 6.54 Å². The lowest BCUT2D eigenvalue weighted by molar-refractivity contribution is -0.126. The number of rotatable bonds is 4. The summed E-state index contributed by atoms with van der Waals surface area (Å²) in [5, 5.41) is 10.2. The number of nitrogens with zero attached hydrogens (tertiary/aromatic N) is 3. The van der Waals surface area contributed by atoms with Crippen molar-refractivity contribution in [2.45, 2.75) is 51.2 Å². The quantitative estimate of drug-likeness (QED) is 0.868. The van der Waals surface area contributed by atoms with Gasteiger partial charge in [0, 0.05) is 31.5 Å². The summed E-state index contributed by atoms with van der Waals surface area (Å²) < 4.78 is 1.86. The summed E-state index contributed by atoms with van der Waals surface area (Å²) in [5.41, 5.74) is 0. The molecule has 23 heavy (non-hydrogen) atoms. The summed E-state index contributed by atoms with van der Waals surface area (Å²) in [6.45, 7) is 3.59. The molecule has 3 atom stereocenters. The van der Waals surface area contributed by atoms with Gasteiger partial charge in [0.2, 0.25) is 5.91 Å². The zero-order valence-corrected chi connectivity index (χ0v) is 13.6. The molecule has 3 rings (SSSR count). The molecule has 0 spiro atoms. The molecule has 0 bridgehead atoms. The number of carbonyl (C=O) groups is 2. The Labute approximate surface area is 136 Å². The summed E-state index contributed by atoms with van der Waals surface area (Å²) in [5.74, 6) is 0.229. The second kappa shape index (κ2) is 7.02. The van der Waals surface area contributed by atoms with E-state index in [1.165, 1.54) is 0 Å². The fourth-order valence-electron chi connectivity index (χ4n) is 3.55. The predicted octanol–water partition coefficient (Wildman–Crippen LogP) is 0.972. The largest absolute Gasteiger partial charge is 0.350 e. The van der Waals surface area contributed by atoms with Gasteiger partial charge in [0.25, 0.3) is 0 Å². The highest BCUT2D eigenvalue weighted by Crippen LogP contribution is 2.25. The van der Waals surface area contributed by atoms with Gasteiger partial charge in [-0.25, -0.2) is 4.79 Å². The first-order chi connectivity index (χ1) is 11.1. The first kappa shape index (κ1) is 15.8. The third kappa shape index (κ3) is 3.83. The standard InChI is InChI=1S/C16H25N5O2/c1-12(10-20-8-4-7-18-20)9-17-16(23)21-11-15(22)19-13-5-2-3-6-14(13)21/h4,7-8,12-14H,2-3,5-6,9-11H2,1H3,(H,17,23)(H,19,22)/t12-,13+,14+/m1/s1. The molecule has 0 aromatic carbocycles. The third-order valence-electron chi connectivity index (χ3n) is 4.71. The van der Waals surface area contributed by atoms with E-state index >= 15 is 0 Å². The van der Waals surface area contributed by atoms with E-state index < -0.39 is 0 Å². The first-order valence-electron chi connectivity index (χ1n) is 8.45. The van der Waals surface area contributed by atoms with E-state index in [9.17, 15) is 9.59 Å². The van der Waals surface area contributed by atoms with Crippen molar-refractivity contribution in [2.24, 2.45) is 5.92 Å². The van der Waals surface area contributed by atoms with Crippen LogP contribution in [0, 0.1) is 5.92 Å². The van der Waals surface area contributed by atoms with Crippen LogP contribution in [0.4, 0.5) is 4.79 Å². The van der Waals surface area contributed by atoms with E-state index in [0.29, 0.717) is 6.54 Å². The lowest BCUT2D eigenvalue weighted by Gasteiger charge is -2.43. The van der Waals surface area contributed by atoms with Gasteiger partial charge in [-0.05, 0) is 24.8 Å². The molecule has 1 saturated carbocycles. The summed E-state index contributed by atoms with van der Waals surface area (Å²) in [6.07, 6.45) is 7.85. The Morgan fingerprint density at radius 1 is 1.48 bits per heavy atom. The molecular formula is C16H25N5O2. The lowest BCUT2D eigenvalue weighted by Crippen LogP contribution is -2.64. The Kier molecular flexibility index (Phi) is 4.83. The van der Waals surface area contributed by atoms with Crippen molar-refractivity contribution in [3.05, 3.63) is 18.5 Å². The molecule has 2 aliphatic rings. The van der Waals surface area contributed by atoms with Crippen molar-refractivity contribution in [1.29, 1.82) is 0 Å². The lowest BCUT2D eigenvalue weighted by atomic mass is 9.87. The Morgan fingerprint density at radius 3 is 3.09 bits per heavy atom. The van der Waals surface area contributed by atoms with E-state index in [1.807, 2.05) is 16.9 Å². The predicted molar refractivity (Wildman–Crippen MR) is 85.7 cm³/mol. The van der Waals surface area contributed by atoms with Crippen LogP contribution < -0.4 is 10.6 Å². The SMILES string of the molecule is C[C@H](CNC(=O)N1CC(=O)N[C@H]2CCCC[C@@H]21)Cn1cccn1. The van der Waals surface area contributed by atoms with Gasteiger partial charge in [-0.3, -0.25) is 9.48 Å². The number of fused-ring (bicyclic) bond motifs is 1. The molecule has 7 heteroatoms. The number of piperazine rings is 1.